The lowest BCUT2D eigenvalue weighted by Crippen LogP contribution is -2.52. The molecule has 0 saturated carbocycles. The van der Waals surface area contributed by atoms with Crippen molar-refractivity contribution in [2.45, 2.75) is 19.5 Å². The molecule has 1 fully saturated rings. The molecule has 2 heterocycles. The normalized spacial score (nSPS) is 18.6. The molecule has 0 bridgehead atoms. The standard InChI is InChI=1S/C13H20N4O.2ClH/c1-11-7-15-5-6-17(11)10-13(18)16-9-12-3-2-4-14-8-12;;/h2-4,8,11,15H,5-7,9-10H2,1H3,(H,16,18);2*1H/t11-;;/m1../s1. The van der Waals surface area contributed by atoms with E-state index < -0.39 is 0 Å². The summed E-state index contributed by atoms with van der Waals surface area (Å²) in [4.78, 5) is 18.1. The van der Waals surface area contributed by atoms with Gasteiger partial charge in [-0.1, -0.05) is 6.07 Å². The Kier molecular flexibility index (Phi) is 9.50. The van der Waals surface area contributed by atoms with Gasteiger partial charge in [-0.05, 0) is 18.6 Å². The number of halogens is 2. The summed E-state index contributed by atoms with van der Waals surface area (Å²) in [5.74, 6) is 0.0765. The first-order valence-corrected chi connectivity index (χ1v) is 6.36. The highest BCUT2D eigenvalue weighted by molar-refractivity contribution is 5.85. The first kappa shape index (κ1) is 19.1. The van der Waals surface area contributed by atoms with E-state index in [0.29, 0.717) is 19.1 Å². The fourth-order valence-electron chi connectivity index (χ4n) is 2.06. The Bertz CT molecular complexity index is 391. The van der Waals surface area contributed by atoms with Crippen molar-refractivity contribution in [3.05, 3.63) is 30.1 Å². The molecule has 114 valence electrons. The lowest BCUT2D eigenvalue weighted by molar-refractivity contribution is -0.123. The fourth-order valence-corrected chi connectivity index (χ4v) is 2.06. The highest BCUT2D eigenvalue weighted by Gasteiger charge is 2.19. The van der Waals surface area contributed by atoms with E-state index >= 15 is 0 Å². The van der Waals surface area contributed by atoms with Crippen molar-refractivity contribution >= 4 is 30.7 Å². The minimum atomic E-state index is 0. The van der Waals surface area contributed by atoms with Crippen molar-refractivity contribution < 1.29 is 4.79 Å². The zero-order chi connectivity index (χ0) is 12.8. The first-order chi connectivity index (χ1) is 8.75. The third kappa shape index (κ3) is 6.05. The average molecular weight is 321 g/mol. The Morgan fingerprint density at radius 1 is 1.55 bits per heavy atom. The summed E-state index contributed by atoms with van der Waals surface area (Å²) in [6, 6.07) is 4.25. The van der Waals surface area contributed by atoms with Gasteiger partial charge >= 0.3 is 0 Å². The molecule has 0 spiro atoms. The van der Waals surface area contributed by atoms with E-state index in [0.717, 1.165) is 25.2 Å². The lowest BCUT2D eigenvalue weighted by Gasteiger charge is -2.33. The molecule has 1 aliphatic rings. The first-order valence-electron chi connectivity index (χ1n) is 6.36. The highest BCUT2D eigenvalue weighted by Crippen LogP contribution is 2.01. The van der Waals surface area contributed by atoms with Crippen LogP contribution in [0.3, 0.4) is 0 Å². The molecule has 2 N–H and O–H groups in total. The number of pyridine rings is 1. The Balaban J connectivity index is 0.00000180. The van der Waals surface area contributed by atoms with Crippen LogP contribution in [0.25, 0.3) is 0 Å². The van der Waals surface area contributed by atoms with Crippen LogP contribution in [0.4, 0.5) is 0 Å². The predicted molar refractivity (Wildman–Crippen MR) is 84.5 cm³/mol. The molecule has 2 rings (SSSR count). The SMILES string of the molecule is C[C@@H]1CNCCN1CC(=O)NCc1cccnc1.Cl.Cl. The summed E-state index contributed by atoms with van der Waals surface area (Å²) in [5.41, 5.74) is 1.03. The number of aromatic nitrogens is 1. The van der Waals surface area contributed by atoms with E-state index in [-0.39, 0.29) is 30.7 Å². The van der Waals surface area contributed by atoms with E-state index in [2.05, 4.69) is 27.4 Å². The molecule has 1 aromatic heterocycles. The van der Waals surface area contributed by atoms with Crippen molar-refractivity contribution in [3.8, 4) is 0 Å². The number of nitrogens with zero attached hydrogens (tertiary/aromatic N) is 2. The lowest BCUT2D eigenvalue weighted by atomic mass is 10.2. The van der Waals surface area contributed by atoms with Gasteiger partial charge in [0.15, 0.2) is 0 Å². The molecule has 0 radical (unpaired) electrons. The van der Waals surface area contributed by atoms with Crippen LogP contribution in [0, 0.1) is 0 Å². The van der Waals surface area contributed by atoms with E-state index in [1.807, 2.05) is 12.1 Å². The highest BCUT2D eigenvalue weighted by atomic mass is 35.5. The van der Waals surface area contributed by atoms with Gasteiger partial charge in [0, 0.05) is 44.6 Å². The van der Waals surface area contributed by atoms with Gasteiger partial charge in [-0.15, -0.1) is 24.8 Å². The molecule has 1 aliphatic heterocycles. The van der Waals surface area contributed by atoms with Crippen LogP contribution in [-0.2, 0) is 11.3 Å². The summed E-state index contributed by atoms with van der Waals surface area (Å²) in [6.45, 7) is 6.01. The van der Waals surface area contributed by atoms with E-state index in [4.69, 9.17) is 0 Å². The molecule has 20 heavy (non-hydrogen) atoms. The van der Waals surface area contributed by atoms with Crippen LogP contribution in [0.15, 0.2) is 24.5 Å². The maximum atomic E-state index is 11.8. The number of amides is 1. The van der Waals surface area contributed by atoms with Gasteiger partial charge < -0.3 is 10.6 Å². The molecule has 0 aliphatic carbocycles. The Morgan fingerprint density at radius 3 is 3.00 bits per heavy atom. The number of hydrogen-bond acceptors (Lipinski definition) is 4. The van der Waals surface area contributed by atoms with Gasteiger partial charge in [-0.3, -0.25) is 14.7 Å². The summed E-state index contributed by atoms with van der Waals surface area (Å²) in [5, 5.41) is 6.24. The van der Waals surface area contributed by atoms with Crippen LogP contribution < -0.4 is 10.6 Å². The molecule has 1 aromatic rings. The van der Waals surface area contributed by atoms with Crippen LogP contribution in [0.1, 0.15) is 12.5 Å². The number of rotatable bonds is 4. The summed E-state index contributed by atoms with van der Waals surface area (Å²) >= 11 is 0. The van der Waals surface area contributed by atoms with Crippen molar-refractivity contribution in [1.82, 2.24) is 20.5 Å². The zero-order valence-electron chi connectivity index (χ0n) is 11.5. The van der Waals surface area contributed by atoms with Crippen molar-refractivity contribution in [2.24, 2.45) is 0 Å². The van der Waals surface area contributed by atoms with Gasteiger partial charge in [0.25, 0.3) is 0 Å². The molecular formula is C13H22Cl2N4O. The summed E-state index contributed by atoms with van der Waals surface area (Å²) < 4.78 is 0. The van der Waals surface area contributed by atoms with E-state index in [9.17, 15) is 4.79 Å². The fraction of sp³-hybridized carbons (Fsp3) is 0.538. The molecule has 1 amide bonds. The number of carbonyl (C=O) groups is 1. The molecule has 7 heteroatoms. The second-order valence-corrected chi connectivity index (χ2v) is 4.66. The number of hydrogen-bond donors (Lipinski definition) is 2. The van der Waals surface area contributed by atoms with Crippen molar-refractivity contribution in [1.29, 1.82) is 0 Å². The van der Waals surface area contributed by atoms with Crippen LogP contribution in [0.5, 0.6) is 0 Å². The maximum absolute atomic E-state index is 11.8. The van der Waals surface area contributed by atoms with Crippen LogP contribution >= 0.6 is 24.8 Å². The second kappa shape index (κ2) is 9.94. The predicted octanol–water partition coefficient (Wildman–Crippen LogP) is 0.835. The number of piperazine rings is 1. The van der Waals surface area contributed by atoms with Crippen molar-refractivity contribution in [2.75, 3.05) is 26.2 Å². The monoisotopic (exact) mass is 320 g/mol. The number of nitrogens with one attached hydrogen (secondary N) is 2. The smallest absolute Gasteiger partial charge is 0.234 e. The maximum Gasteiger partial charge on any atom is 0.234 e. The second-order valence-electron chi connectivity index (χ2n) is 4.66. The quantitative estimate of drug-likeness (QED) is 0.863. The summed E-state index contributed by atoms with van der Waals surface area (Å²) in [7, 11) is 0. The number of carbonyl (C=O) groups excluding carboxylic acids is 1. The third-order valence-corrected chi connectivity index (χ3v) is 3.20. The molecule has 1 atom stereocenters. The van der Waals surface area contributed by atoms with E-state index in [1.54, 1.807) is 12.4 Å². The van der Waals surface area contributed by atoms with Gasteiger partial charge in [-0.2, -0.15) is 0 Å². The topological polar surface area (TPSA) is 57.3 Å². The Morgan fingerprint density at radius 2 is 2.35 bits per heavy atom. The van der Waals surface area contributed by atoms with Gasteiger partial charge in [0.1, 0.15) is 0 Å². The van der Waals surface area contributed by atoms with Gasteiger partial charge in [-0.25, -0.2) is 0 Å². The largest absolute Gasteiger partial charge is 0.351 e. The third-order valence-electron chi connectivity index (χ3n) is 3.20. The Labute approximate surface area is 132 Å². The van der Waals surface area contributed by atoms with Crippen LogP contribution in [0.2, 0.25) is 0 Å². The molecule has 5 nitrogen and oxygen atoms in total. The minimum absolute atomic E-state index is 0. The minimum Gasteiger partial charge on any atom is -0.351 e. The zero-order valence-corrected chi connectivity index (χ0v) is 13.2. The van der Waals surface area contributed by atoms with Crippen molar-refractivity contribution in [3.63, 3.8) is 0 Å². The average Bonchev–Trinajstić information content (AvgIpc) is 2.40. The van der Waals surface area contributed by atoms with Gasteiger partial charge in [0.2, 0.25) is 5.91 Å². The molecule has 0 unspecified atom stereocenters. The molecule has 1 saturated heterocycles. The molecular weight excluding hydrogens is 299 g/mol. The molecule has 0 aromatic carbocycles. The Hall–Kier alpha value is -0.880. The van der Waals surface area contributed by atoms with Crippen LogP contribution in [-0.4, -0.2) is 48.0 Å². The van der Waals surface area contributed by atoms with Gasteiger partial charge in [0.05, 0.1) is 6.54 Å². The summed E-state index contributed by atoms with van der Waals surface area (Å²) in [6.07, 6.45) is 3.50. The van der Waals surface area contributed by atoms with E-state index in [1.165, 1.54) is 0 Å².